The van der Waals surface area contributed by atoms with Gasteiger partial charge in [-0.15, -0.1) is 10.2 Å². The molecule has 0 N–H and O–H groups in total. The standard InChI is InChI=1S/C23H22N4/c1-15-9-10-19(18(4)13-15)22-23(26-25-20-8-6-5-7-17(20)3)27-12-11-16(2)14-21(27)24-22/h5-14H,1-4H3. The minimum Gasteiger partial charge on any atom is -0.283 e. The van der Waals surface area contributed by atoms with Crippen LogP contribution < -0.4 is 0 Å². The molecule has 0 bridgehead atoms. The minimum atomic E-state index is 0.750. The third-order valence-corrected chi connectivity index (χ3v) is 4.76. The summed E-state index contributed by atoms with van der Waals surface area (Å²) in [4.78, 5) is 4.88. The number of hydrogen-bond acceptors (Lipinski definition) is 3. The quantitative estimate of drug-likeness (QED) is 0.380. The number of hydrogen-bond donors (Lipinski definition) is 0. The van der Waals surface area contributed by atoms with Gasteiger partial charge >= 0.3 is 0 Å². The fraction of sp³-hybridized carbons (Fsp3) is 0.174. The molecule has 4 heteroatoms. The molecular formula is C23H22N4. The van der Waals surface area contributed by atoms with Crippen LogP contribution in [0.3, 0.4) is 0 Å². The molecule has 134 valence electrons. The lowest BCUT2D eigenvalue weighted by molar-refractivity contribution is 1.09. The van der Waals surface area contributed by atoms with E-state index in [0.29, 0.717) is 0 Å². The summed E-state index contributed by atoms with van der Waals surface area (Å²) in [5.41, 5.74) is 8.37. The summed E-state index contributed by atoms with van der Waals surface area (Å²) < 4.78 is 2.00. The maximum absolute atomic E-state index is 4.88. The molecule has 2 heterocycles. The Kier molecular flexibility index (Phi) is 4.32. The molecule has 0 saturated heterocycles. The maximum atomic E-state index is 4.88. The summed E-state index contributed by atoms with van der Waals surface area (Å²) in [5, 5.41) is 9.14. The summed E-state index contributed by atoms with van der Waals surface area (Å²) in [5.74, 6) is 0.750. The van der Waals surface area contributed by atoms with Gasteiger partial charge in [0.05, 0.1) is 5.69 Å². The van der Waals surface area contributed by atoms with Gasteiger partial charge in [0.15, 0.2) is 5.82 Å². The molecule has 0 atom stereocenters. The van der Waals surface area contributed by atoms with Gasteiger partial charge in [0.1, 0.15) is 11.3 Å². The average molecular weight is 354 g/mol. The van der Waals surface area contributed by atoms with Crippen molar-refractivity contribution in [3.05, 3.63) is 83.0 Å². The Hall–Kier alpha value is -3.27. The van der Waals surface area contributed by atoms with Crippen molar-refractivity contribution in [1.82, 2.24) is 9.38 Å². The predicted molar refractivity (Wildman–Crippen MR) is 110 cm³/mol. The van der Waals surface area contributed by atoms with Crippen LogP contribution >= 0.6 is 0 Å². The van der Waals surface area contributed by atoms with Crippen LogP contribution in [0.15, 0.2) is 71.0 Å². The topological polar surface area (TPSA) is 42.0 Å². The first-order valence-corrected chi connectivity index (χ1v) is 9.06. The summed E-state index contributed by atoms with van der Waals surface area (Å²) in [6.07, 6.45) is 2.01. The third kappa shape index (κ3) is 3.26. The van der Waals surface area contributed by atoms with Crippen molar-refractivity contribution in [2.45, 2.75) is 27.7 Å². The number of azo groups is 1. The fourth-order valence-corrected chi connectivity index (χ4v) is 3.27. The fourth-order valence-electron chi connectivity index (χ4n) is 3.27. The zero-order valence-corrected chi connectivity index (χ0v) is 16.1. The van der Waals surface area contributed by atoms with E-state index in [4.69, 9.17) is 4.98 Å². The van der Waals surface area contributed by atoms with E-state index in [-0.39, 0.29) is 0 Å². The number of imidazole rings is 1. The van der Waals surface area contributed by atoms with Crippen LogP contribution in [-0.2, 0) is 0 Å². The van der Waals surface area contributed by atoms with Gasteiger partial charge in [-0.3, -0.25) is 4.40 Å². The van der Waals surface area contributed by atoms with Gasteiger partial charge in [-0.05, 0) is 62.6 Å². The molecule has 0 unspecified atom stereocenters. The number of fused-ring (bicyclic) bond motifs is 1. The molecule has 0 amide bonds. The van der Waals surface area contributed by atoms with Crippen LogP contribution in [0.5, 0.6) is 0 Å². The molecule has 2 aromatic heterocycles. The molecule has 4 nitrogen and oxygen atoms in total. The van der Waals surface area contributed by atoms with Crippen molar-refractivity contribution in [2.75, 3.05) is 0 Å². The smallest absolute Gasteiger partial charge is 0.187 e. The van der Waals surface area contributed by atoms with Gasteiger partial charge < -0.3 is 0 Å². The Morgan fingerprint density at radius 2 is 1.56 bits per heavy atom. The molecule has 0 aliphatic rings. The van der Waals surface area contributed by atoms with Crippen LogP contribution in [0.4, 0.5) is 11.5 Å². The van der Waals surface area contributed by atoms with Crippen molar-refractivity contribution in [3.8, 4) is 11.3 Å². The molecule has 4 rings (SSSR count). The number of nitrogens with zero attached hydrogens (tertiary/aromatic N) is 4. The predicted octanol–water partition coefficient (Wildman–Crippen LogP) is 6.65. The molecule has 0 aliphatic heterocycles. The van der Waals surface area contributed by atoms with Crippen LogP contribution in [-0.4, -0.2) is 9.38 Å². The van der Waals surface area contributed by atoms with Crippen molar-refractivity contribution < 1.29 is 0 Å². The van der Waals surface area contributed by atoms with Gasteiger partial charge in [-0.1, -0.05) is 42.0 Å². The highest BCUT2D eigenvalue weighted by molar-refractivity contribution is 5.77. The highest BCUT2D eigenvalue weighted by Crippen LogP contribution is 2.34. The molecular weight excluding hydrogens is 332 g/mol. The van der Waals surface area contributed by atoms with Crippen LogP contribution in [0.1, 0.15) is 22.3 Å². The van der Waals surface area contributed by atoms with E-state index in [2.05, 4.69) is 61.3 Å². The number of pyridine rings is 1. The van der Waals surface area contributed by atoms with E-state index in [1.807, 2.05) is 41.8 Å². The molecule has 27 heavy (non-hydrogen) atoms. The Bertz CT molecular complexity index is 1170. The van der Waals surface area contributed by atoms with Gasteiger partial charge in [-0.25, -0.2) is 4.98 Å². The van der Waals surface area contributed by atoms with E-state index in [1.165, 1.54) is 16.7 Å². The summed E-state index contributed by atoms with van der Waals surface area (Å²) >= 11 is 0. The van der Waals surface area contributed by atoms with E-state index >= 15 is 0 Å². The van der Waals surface area contributed by atoms with E-state index < -0.39 is 0 Å². The van der Waals surface area contributed by atoms with Crippen LogP contribution in [0.25, 0.3) is 16.9 Å². The Morgan fingerprint density at radius 1 is 0.778 bits per heavy atom. The molecule has 0 saturated carbocycles. The van der Waals surface area contributed by atoms with Gasteiger partial charge in [0.25, 0.3) is 0 Å². The summed E-state index contributed by atoms with van der Waals surface area (Å²) in [6, 6.07) is 18.5. The molecule has 0 radical (unpaired) electrons. The maximum Gasteiger partial charge on any atom is 0.187 e. The van der Waals surface area contributed by atoms with Gasteiger partial charge in [-0.2, -0.15) is 0 Å². The average Bonchev–Trinajstić information content (AvgIpc) is 2.98. The SMILES string of the molecule is Cc1ccc(-c2nc3cc(C)ccn3c2N=Nc2ccccc2C)c(C)c1. The number of rotatable bonds is 3. The zero-order valence-electron chi connectivity index (χ0n) is 16.1. The number of aromatic nitrogens is 2. The molecule has 0 fully saturated rings. The lowest BCUT2D eigenvalue weighted by Crippen LogP contribution is -1.86. The minimum absolute atomic E-state index is 0.750. The lowest BCUT2D eigenvalue weighted by Gasteiger charge is -2.05. The Morgan fingerprint density at radius 3 is 2.33 bits per heavy atom. The van der Waals surface area contributed by atoms with Crippen molar-refractivity contribution >= 4 is 17.2 Å². The van der Waals surface area contributed by atoms with Gasteiger partial charge in [0.2, 0.25) is 0 Å². The highest BCUT2D eigenvalue weighted by atomic mass is 15.2. The largest absolute Gasteiger partial charge is 0.283 e. The second-order valence-electron chi connectivity index (χ2n) is 7.02. The second-order valence-corrected chi connectivity index (χ2v) is 7.02. The number of aryl methyl sites for hydroxylation is 4. The Labute approximate surface area is 159 Å². The summed E-state index contributed by atoms with van der Waals surface area (Å²) in [6.45, 7) is 8.32. The van der Waals surface area contributed by atoms with Crippen molar-refractivity contribution in [3.63, 3.8) is 0 Å². The van der Waals surface area contributed by atoms with E-state index in [9.17, 15) is 0 Å². The normalized spacial score (nSPS) is 11.6. The second kappa shape index (κ2) is 6.80. The molecule has 4 aromatic rings. The first kappa shape index (κ1) is 17.2. The Balaban J connectivity index is 1.93. The third-order valence-electron chi connectivity index (χ3n) is 4.76. The summed E-state index contributed by atoms with van der Waals surface area (Å²) in [7, 11) is 0. The van der Waals surface area contributed by atoms with E-state index in [1.54, 1.807) is 0 Å². The molecule has 2 aromatic carbocycles. The first-order chi connectivity index (χ1) is 13.0. The van der Waals surface area contributed by atoms with Crippen LogP contribution in [0.2, 0.25) is 0 Å². The van der Waals surface area contributed by atoms with Crippen molar-refractivity contribution in [1.29, 1.82) is 0 Å². The van der Waals surface area contributed by atoms with E-state index in [0.717, 1.165) is 34.0 Å². The zero-order chi connectivity index (χ0) is 19.0. The monoisotopic (exact) mass is 354 g/mol. The van der Waals surface area contributed by atoms with Crippen molar-refractivity contribution in [2.24, 2.45) is 10.2 Å². The molecule has 0 spiro atoms. The first-order valence-electron chi connectivity index (χ1n) is 9.06. The highest BCUT2D eigenvalue weighted by Gasteiger charge is 2.16. The lowest BCUT2D eigenvalue weighted by atomic mass is 10.0. The van der Waals surface area contributed by atoms with Crippen LogP contribution in [0, 0.1) is 27.7 Å². The molecule has 0 aliphatic carbocycles. The van der Waals surface area contributed by atoms with Gasteiger partial charge in [0, 0.05) is 11.8 Å². The number of benzene rings is 2.